The molecular formula is C22H16F3N5OS. The van der Waals surface area contributed by atoms with E-state index in [4.69, 9.17) is 5.26 Å². The standard InChI is InChI=1S/C22H16F3N5OS/c1-14-20(19-10-11-27-29(19)17-8-6-15(13-26)7-9-17)30(32-2)21(31)28(14)18-5-3-4-16(12-18)22(23,24)25/h3-12H,1-2H3. The van der Waals surface area contributed by atoms with E-state index in [9.17, 15) is 18.0 Å². The van der Waals surface area contributed by atoms with E-state index in [2.05, 4.69) is 11.2 Å². The van der Waals surface area contributed by atoms with Crippen molar-refractivity contribution in [2.24, 2.45) is 0 Å². The van der Waals surface area contributed by atoms with Crippen molar-refractivity contribution < 1.29 is 13.2 Å². The first-order valence-corrected chi connectivity index (χ1v) is 10.6. The average Bonchev–Trinajstić information content (AvgIpc) is 3.35. The molecule has 0 aliphatic carbocycles. The number of nitriles is 1. The molecule has 0 amide bonds. The van der Waals surface area contributed by atoms with Crippen LogP contribution in [0.15, 0.2) is 65.6 Å². The van der Waals surface area contributed by atoms with Gasteiger partial charge in [0.1, 0.15) is 5.69 Å². The summed E-state index contributed by atoms with van der Waals surface area (Å²) in [6.07, 6.45) is -1.24. The normalized spacial score (nSPS) is 11.5. The van der Waals surface area contributed by atoms with Gasteiger partial charge in [-0.1, -0.05) is 6.07 Å². The highest BCUT2D eigenvalue weighted by Gasteiger charge is 2.31. The monoisotopic (exact) mass is 455 g/mol. The molecule has 0 bridgehead atoms. The highest BCUT2D eigenvalue weighted by molar-refractivity contribution is 7.97. The van der Waals surface area contributed by atoms with Gasteiger partial charge in [0, 0.05) is 6.26 Å². The zero-order valence-corrected chi connectivity index (χ0v) is 17.8. The first-order chi connectivity index (χ1) is 15.3. The number of hydrogen-bond donors (Lipinski definition) is 0. The van der Waals surface area contributed by atoms with Crippen LogP contribution in [0.4, 0.5) is 13.2 Å². The Labute approximate surface area is 185 Å². The lowest BCUT2D eigenvalue weighted by molar-refractivity contribution is -0.137. The van der Waals surface area contributed by atoms with Crippen molar-refractivity contribution in [3.63, 3.8) is 0 Å². The predicted molar refractivity (Wildman–Crippen MR) is 116 cm³/mol. The number of alkyl halides is 3. The van der Waals surface area contributed by atoms with E-state index < -0.39 is 17.4 Å². The number of rotatable bonds is 4. The lowest BCUT2D eigenvalue weighted by Crippen LogP contribution is -2.21. The number of benzene rings is 2. The summed E-state index contributed by atoms with van der Waals surface area (Å²) in [7, 11) is 0. The zero-order valence-electron chi connectivity index (χ0n) is 17.0. The first kappa shape index (κ1) is 21.5. The minimum absolute atomic E-state index is 0.126. The number of halogens is 3. The fourth-order valence-electron chi connectivity index (χ4n) is 3.53. The Bertz CT molecular complexity index is 1390. The largest absolute Gasteiger partial charge is 0.416 e. The van der Waals surface area contributed by atoms with Crippen molar-refractivity contribution in [2.75, 3.05) is 6.26 Å². The molecule has 10 heteroatoms. The van der Waals surface area contributed by atoms with Gasteiger partial charge in [0.05, 0.1) is 46.2 Å². The Hall–Kier alpha value is -3.71. The summed E-state index contributed by atoms with van der Waals surface area (Å²) in [6, 6.07) is 15.2. The molecule has 2 aromatic carbocycles. The summed E-state index contributed by atoms with van der Waals surface area (Å²) in [6.45, 7) is 1.68. The van der Waals surface area contributed by atoms with E-state index in [0.717, 1.165) is 24.1 Å². The fraction of sp³-hybridized carbons (Fsp3) is 0.136. The van der Waals surface area contributed by atoms with E-state index in [-0.39, 0.29) is 5.69 Å². The minimum Gasteiger partial charge on any atom is -0.264 e. The van der Waals surface area contributed by atoms with Crippen molar-refractivity contribution in [3.05, 3.63) is 88.1 Å². The van der Waals surface area contributed by atoms with E-state index in [0.29, 0.717) is 28.3 Å². The Morgan fingerprint density at radius 3 is 2.41 bits per heavy atom. The number of aromatic nitrogens is 4. The maximum Gasteiger partial charge on any atom is 0.416 e. The molecule has 0 aliphatic heterocycles. The van der Waals surface area contributed by atoms with Crippen LogP contribution in [-0.2, 0) is 6.18 Å². The summed E-state index contributed by atoms with van der Waals surface area (Å²) in [5.74, 6) is 0. The SMILES string of the molecule is CSn1c(-c2ccnn2-c2ccc(C#N)cc2)c(C)n(-c2cccc(C(F)(F)F)c2)c1=O. The number of nitrogens with zero attached hydrogens (tertiary/aromatic N) is 5. The Morgan fingerprint density at radius 2 is 1.78 bits per heavy atom. The van der Waals surface area contributed by atoms with Crippen LogP contribution in [0.5, 0.6) is 0 Å². The van der Waals surface area contributed by atoms with Crippen LogP contribution in [0.3, 0.4) is 0 Å². The van der Waals surface area contributed by atoms with Crippen molar-refractivity contribution >= 4 is 11.9 Å². The second kappa shape index (κ2) is 8.09. The van der Waals surface area contributed by atoms with Crippen molar-refractivity contribution in [2.45, 2.75) is 13.1 Å². The van der Waals surface area contributed by atoms with Crippen molar-refractivity contribution in [3.8, 4) is 28.8 Å². The molecule has 0 aliphatic rings. The predicted octanol–water partition coefficient (Wildman–Crippen LogP) is 4.82. The molecule has 0 saturated heterocycles. The highest BCUT2D eigenvalue weighted by Crippen LogP contribution is 2.32. The molecule has 4 aromatic rings. The van der Waals surface area contributed by atoms with Gasteiger partial charge in [-0.25, -0.2) is 13.4 Å². The maximum absolute atomic E-state index is 13.2. The Balaban J connectivity index is 1.92. The summed E-state index contributed by atoms with van der Waals surface area (Å²) in [4.78, 5) is 13.2. The number of hydrogen-bond acceptors (Lipinski definition) is 4. The van der Waals surface area contributed by atoms with Crippen LogP contribution in [0.25, 0.3) is 22.8 Å². The van der Waals surface area contributed by atoms with Gasteiger partial charge in [0.2, 0.25) is 0 Å². The Morgan fingerprint density at radius 1 is 1.06 bits per heavy atom. The summed E-state index contributed by atoms with van der Waals surface area (Å²) >= 11 is 1.15. The minimum atomic E-state index is -4.52. The van der Waals surface area contributed by atoms with Crippen LogP contribution < -0.4 is 5.69 Å². The second-order valence-electron chi connectivity index (χ2n) is 6.86. The topological polar surface area (TPSA) is 68.5 Å². The third-order valence-corrected chi connectivity index (χ3v) is 5.69. The quantitative estimate of drug-likeness (QED) is 0.443. The molecular weight excluding hydrogens is 439 g/mol. The van der Waals surface area contributed by atoms with Crippen LogP contribution in [0.2, 0.25) is 0 Å². The fourth-order valence-corrected chi connectivity index (χ4v) is 4.18. The third-order valence-electron chi connectivity index (χ3n) is 4.99. The molecule has 162 valence electrons. The molecule has 0 fully saturated rings. The average molecular weight is 455 g/mol. The van der Waals surface area contributed by atoms with E-state index in [1.54, 1.807) is 54.4 Å². The van der Waals surface area contributed by atoms with Crippen LogP contribution in [0.1, 0.15) is 16.8 Å². The van der Waals surface area contributed by atoms with Crippen LogP contribution in [-0.4, -0.2) is 24.6 Å². The van der Waals surface area contributed by atoms with Gasteiger partial charge < -0.3 is 0 Å². The van der Waals surface area contributed by atoms with E-state index in [1.807, 2.05) is 0 Å². The molecule has 0 atom stereocenters. The molecule has 2 aromatic heterocycles. The zero-order chi connectivity index (χ0) is 23.0. The molecule has 0 N–H and O–H groups in total. The summed E-state index contributed by atoms with van der Waals surface area (Å²) in [5, 5.41) is 13.4. The van der Waals surface area contributed by atoms with Gasteiger partial charge >= 0.3 is 11.9 Å². The lowest BCUT2D eigenvalue weighted by Gasteiger charge is -2.11. The molecule has 32 heavy (non-hydrogen) atoms. The molecule has 6 nitrogen and oxygen atoms in total. The molecule has 2 heterocycles. The second-order valence-corrected chi connectivity index (χ2v) is 7.59. The number of imidazole rings is 1. The van der Waals surface area contributed by atoms with Gasteiger partial charge in [-0.15, -0.1) is 0 Å². The van der Waals surface area contributed by atoms with E-state index in [1.165, 1.54) is 20.7 Å². The van der Waals surface area contributed by atoms with Crippen molar-refractivity contribution in [1.82, 2.24) is 18.3 Å². The third kappa shape index (κ3) is 3.61. The smallest absolute Gasteiger partial charge is 0.264 e. The molecule has 0 spiro atoms. The highest BCUT2D eigenvalue weighted by atomic mass is 32.2. The van der Waals surface area contributed by atoms with Crippen LogP contribution >= 0.6 is 11.9 Å². The molecule has 0 radical (unpaired) electrons. The van der Waals surface area contributed by atoms with E-state index >= 15 is 0 Å². The first-order valence-electron chi connectivity index (χ1n) is 9.37. The van der Waals surface area contributed by atoms with Gasteiger partial charge in [-0.05, 0) is 67.4 Å². The van der Waals surface area contributed by atoms with Crippen LogP contribution in [0, 0.1) is 18.3 Å². The summed E-state index contributed by atoms with van der Waals surface area (Å²) < 4.78 is 44.0. The molecule has 4 rings (SSSR count). The molecule has 0 unspecified atom stereocenters. The van der Waals surface area contributed by atoms with Gasteiger partial charge in [-0.2, -0.15) is 23.5 Å². The summed E-state index contributed by atoms with van der Waals surface area (Å²) in [5.41, 5.74) is 1.57. The van der Waals surface area contributed by atoms with Crippen molar-refractivity contribution in [1.29, 1.82) is 5.26 Å². The van der Waals surface area contributed by atoms with Gasteiger partial charge in [0.25, 0.3) is 0 Å². The Kier molecular flexibility index (Phi) is 5.44. The van der Waals surface area contributed by atoms with Gasteiger partial charge in [0.15, 0.2) is 0 Å². The lowest BCUT2D eigenvalue weighted by atomic mass is 10.2. The van der Waals surface area contributed by atoms with Gasteiger partial charge in [-0.3, -0.25) is 4.57 Å². The molecule has 0 saturated carbocycles. The maximum atomic E-state index is 13.2.